The molecule has 15 heteroatoms. The Morgan fingerprint density at radius 2 is 1.66 bits per heavy atom. The Hall–Kier alpha value is -5.06. The van der Waals surface area contributed by atoms with Gasteiger partial charge in [-0.25, -0.2) is 9.59 Å². The fourth-order valence-electron chi connectivity index (χ4n) is 11.9. The van der Waals surface area contributed by atoms with E-state index in [9.17, 15) is 14.4 Å². The van der Waals surface area contributed by atoms with Crippen LogP contribution in [0.2, 0.25) is 0 Å². The number of hydrogen-bond donors (Lipinski definition) is 0. The number of benzene rings is 2. The summed E-state index contributed by atoms with van der Waals surface area (Å²) in [6.45, 7) is 18.1. The molecule has 3 aromatic rings. The van der Waals surface area contributed by atoms with Crippen LogP contribution in [0.5, 0.6) is 0 Å². The molecule has 5 heterocycles. The molecule has 0 saturated carbocycles. The molecule has 15 nitrogen and oxygen atoms in total. The Morgan fingerprint density at radius 1 is 0.944 bits per heavy atom. The standard InChI is InChI=1S/C56H76N4O11/c1-12-46-55(9)49(60(53(65)71-55)33-43-25-19-27-59(43)13-2)37(5)47(61)35(3)31-54(8,67-28-20-21-40-30-42-24-17-18-26-44(42)57-32-40)50(38(6)48(62)39(7)51(63)68-46)69-56(34-66-36(4)29-45(56)58(10)11)70-52(64)41-22-15-14-16-23-41/h14-18,20-24,26,30,32,35-39,43,45-46,49-50H,12-13,19,25,27-29,31,33-34H2,1-11H3/b21-20+/t35-,36-,37+,38+,39-,43-,45+,46-,49-,50-,54-,55-,56+/m1/s1. The predicted octanol–water partition coefficient (Wildman–Crippen LogP) is 8.17. The maximum Gasteiger partial charge on any atom is 0.410 e. The number of hydrogen-bond acceptors (Lipinski definition) is 14. The Kier molecular flexibility index (Phi) is 16.9. The highest BCUT2D eigenvalue weighted by Gasteiger charge is 2.62. The van der Waals surface area contributed by atoms with Crippen molar-refractivity contribution in [2.75, 3.05) is 46.9 Å². The lowest BCUT2D eigenvalue weighted by Gasteiger charge is -2.51. The number of pyridine rings is 1. The Balaban J connectivity index is 1.34. The van der Waals surface area contributed by atoms with Gasteiger partial charge in [-0.15, -0.1) is 0 Å². The Morgan fingerprint density at radius 3 is 2.37 bits per heavy atom. The summed E-state index contributed by atoms with van der Waals surface area (Å²) >= 11 is 0. The van der Waals surface area contributed by atoms with Crippen LogP contribution < -0.4 is 0 Å². The highest BCUT2D eigenvalue weighted by molar-refractivity contribution is 6.00. The molecule has 4 saturated heterocycles. The molecule has 0 radical (unpaired) electrons. The molecule has 71 heavy (non-hydrogen) atoms. The minimum absolute atomic E-state index is 0.00388. The van der Waals surface area contributed by atoms with Gasteiger partial charge in [-0.05, 0) is 117 Å². The number of likely N-dealkylation sites (N-methyl/N-ethyl adjacent to an activating group) is 2. The summed E-state index contributed by atoms with van der Waals surface area (Å²) in [4.78, 5) is 84.2. The molecular weight excluding hydrogens is 905 g/mol. The van der Waals surface area contributed by atoms with Crippen LogP contribution in [0.3, 0.4) is 0 Å². The molecule has 0 spiro atoms. The van der Waals surface area contributed by atoms with Crippen molar-refractivity contribution in [3.63, 3.8) is 0 Å². The fourth-order valence-corrected chi connectivity index (χ4v) is 11.9. The minimum Gasteiger partial charge on any atom is -0.458 e. The lowest BCUT2D eigenvalue weighted by molar-refractivity contribution is -0.330. The third-order valence-electron chi connectivity index (χ3n) is 15.7. The average molecular weight is 981 g/mol. The minimum atomic E-state index is -1.82. The first-order valence-electron chi connectivity index (χ1n) is 25.7. The molecule has 0 unspecified atom stereocenters. The van der Waals surface area contributed by atoms with E-state index in [2.05, 4.69) is 16.8 Å². The largest absolute Gasteiger partial charge is 0.458 e. The van der Waals surface area contributed by atoms with Gasteiger partial charge in [0.15, 0.2) is 11.4 Å². The summed E-state index contributed by atoms with van der Waals surface area (Å²) in [6.07, 6.45) is 4.97. The van der Waals surface area contributed by atoms with Gasteiger partial charge < -0.3 is 33.3 Å². The third kappa shape index (κ3) is 11.3. The first-order chi connectivity index (χ1) is 33.7. The van der Waals surface area contributed by atoms with E-state index in [1.807, 2.05) is 96.1 Å². The van der Waals surface area contributed by atoms with E-state index in [0.717, 1.165) is 42.4 Å². The Bertz CT molecular complexity index is 2420. The number of nitrogens with zero attached hydrogens (tertiary/aromatic N) is 4. The average Bonchev–Trinajstić information content (AvgIpc) is 3.92. The van der Waals surface area contributed by atoms with Crippen LogP contribution in [0.4, 0.5) is 4.79 Å². The summed E-state index contributed by atoms with van der Waals surface area (Å²) in [7, 11) is 3.74. The van der Waals surface area contributed by atoms with E-state index < -0.39 is 88.8 Å². The number of aromatic nitrogens is 1. The van der Waals surface area contributed by atoms with Crippen LogP contribution in [0.25, 0.3) is 17.0 Å². The number of fused-ring (bicyclic) bond motifs is 2. The van der Waals surface area contributed by atoms with Crippen LogP contribution in [0, 0.1) is 23.7 Å². The van der Waals surface area contributed by atoms with Gasteiger partial charge in [-0.3, -0.25) is 29.2 Å². The van der Waals surface area contributed by atoms with Gasteiger partial charge in [0.1, 0.15) is 30.5 Å². The van der Waals surface area contributed by atoms with E-state index in [1.165, 1.54) is 6.92 Å². The number of likely N-dealkylation sites (tertiary alicyclic amines) is 1. The van der Waals surface area contributed by atoms with Gasteiger partial charge in [0.2, 0.25) is 0 Å². The third-order valence-corrected chi connectivity index (χ3v) is 15.7. The van der Waals surface area contributed by atoms with Gasteiger partial charge in [-0.2, -0.15) is 0 Å². The highest BCUT2D eigenvalue weighted by Crippen LogP contribution is 2.45. The number of para-hydroxylation sites is 1. The monoisotopic (exact) mass is 981 g/mol. The fraction of sp³-hybridized carbons (Fsp3) is 0.607. The molecule has 2 aromatic carbocycles. The number of rotatable bonds is 13. The molecule has 4 aliphatic rings. The van der Waals surface area contributed by atoms with Crippen molar-refractivity contribution in [3.8, 4) is 0 Å². The summed E-state index contributed by atoms with van der Waals surface area (Å²) < 4.78 is 39.9. The van der Waals surface area contributed by atoms with Crippen molar-refractivity contribution >= 4 is 46.6 Å². The predicted molar refractivity (Wildman–Crippen MR) is 269 cm³/mol. The second-order valence-corrected chi connectivity index (χ2v) is 21.0. The van der Waals surface area contributed by atoms with Crippen molar-refractivity contribution in [3.05, 3.63) is 84.1 Å². The van der Waals surface area contributed by atoms with Gasteiger partial charge in [0.25, 0.3) is 5.79 Å². The number of cyclic esters (lactones) is 1. The van der Waals surface area contributed by atoms with Crippen LogP contribution in [0.1, 0.15) is 110 Å². The van der Waals surface area contributed by atoms with E-state index in [4.69, 9.17) is 28.4 Å². The number of Topliss-reactive ketones (excluding diaryl/α,β-unsaturated/α-hetero) is 2. The maximum absolute atomic E-state index is 15.4. The van der Waals surface area contributed by atoms with E-state index >= 15 is 9.59 Å². The molecule has 1 aromatic heterocycles. The van der Waals surface area contributed by atoms with Gasteiger partial charge >= 0.3 is 18.0 Å². The zero-order valence-corrected chi connectivity index (χ0v) is 43.6. The number of ketones is 2. The van der Waals surface area contributed by atoms with Gasteiger partial charge in [-0.1, -0.05) is 83.2 Å². The van der Waals surface area contributed by atoms with Gasteiger partial charge in [0.05, 0.1) is 41.5 Å². The van der Waals surface area contributed by atoms with Crippen molar-refractivity contribution < 1.29 is 52.4 Å². The molecule has 0 bridgehead atoms. The van der Waals surface area contributed by atoms with E-state index in [0.29, 0.717) is 13.0 Å². The highest BCUT2D eigenvalue weighted by atomic mass is 16.7. The van der Waals surface area contributed by atoms with Crippen LogP contribution >= 0.6 is 0 Å². The normalized spacial score (nSPS) is 34.6. The van der Waals surface area contributed by atoms with Crippen LogP contribution in [0.15, 0.2) is 72.9 Å². The Labute approximate surface area is 419 Å². The number of ether oxygens (including phenoxy) is 6. The zero-order chi connectivity index (χ0) is 51.4. The number of esters is 2. The molecular formula is C56H76N4O11. The maximum atomic E-state index is 15.4. The van der Waals surface area contributed by atoms with E-state index in [-0.39, 0.29) is 49.5 Å². The molecule has 13 atom stereocenters. The first kappa shape index (κ1) is 53.7. The van der Waals surface area contributed by atoms with Crippen molar-refractivity contribution in [1.82, 2.24) is 19.7 Å². The topological polar surface area (TPSA) is 163 Å². The first-order valence-corrected chi connectivity index (χ1v) is 25.7. The molecule has 0 aliphatic carbocycles. The lowest BCUT2D eigenvalue weighted by atomic mass is 9.73. The summed E-state index contributed by atoms with van der Waals surface area (Å²) in [5.74, 6) is -7.99. The SMILES string of the molecule is CC[C@H]1OC(=O)[C@H](C)C(=O)[C@H](C)[C@@H](O[C@]2(OC(=O)c3ccccc3)CO[C@H](C)C[C@@H]2N(C)C)[C@](C)(OC/C=C/c2cnc3ccccc3c2)C[C@@H](C)C(=O)[C@H](C)[C@H]2N(C[C@H]3CCCN3CC)C(=O)O[C@]12C. The number of carbonyl (C=O) groups excluding carboxylic acids is 5. The number of carbonyl (C=O) groups is 5. The van der Waals surface area contributed by atoms with Crippen molar-refractivity contribution in [2.24, 2.45) is 23.7 Å². The second kappa shape index (κ2) is 22.4. The van der Waals surface area contributed by atoms with Crippen molar-refractivity contribution in [1.29, 1.82) is 0 Å². The molecule has 386 valence electrons. The second-order valence-electron chi connectivity index (χ2n) is 21.0. The summed E-state index contributed by atoms with van der Waals surface area (Å²) in [6, 6.07) is 17.1. The quantitative estimate of drug-likeness (QED) is 0.0697. The van der Waals surface area contributed by atoms with E-state index in [1.54, 1.807) is 55.3 Å². The van der Waals surface area contributed by atoms with Crippen LogP contribution in [-0.4, -0.2) is 150 Å². The van der Waals surface area contributed by atoms with Crippen LogP contribution in [-0.2, 0) is 42.8 Å². The molecule has 0 N–H and O–H groups in total. The molecule has 4 fully saturated rings. The summed E-state index contributed by atoms with van der Waals surface area (Å²) in [5.41, 5.74) is -0.954. The summed E-state index contributed by atoms with van der Waals surface area (Å²) in [5, 5.41) is 0.971. The molecule has 4 aliphatic heterocycles. The van der Waals surface area contributed by atoms with Crippen molar-refractivity contribution in [2.45, 2.75) is 148 Å². The smallest absolute Gasteiger partial charge is 0.410 e. The number of amides is 1. The molecule has 7 rings (SSSR count). The molecule has 1 amide bonds. The lowest BCUT2D eigenvalue weighted by Crippen LogP contribution is -2.66. The zero-order valence-electron chi connectivity index (χ0n) is 43.6. The van der Waals surface area contributed by atoms with Gasteiger partial charge in [0, 0.05) is 41.9 Å².